The van der Waals surface area contributed by atoms with Gasteiger partial charge in [0.15, 0.2) is 11.5 Å². The maximum Gasteiger partial charge on any atom is 0.613 e. The Morgan fingerprint density at radius 3 is 2.87 bits per heavy atom. The van der Waals surface area contributed by atoms with Crippen LogP contribution in [0.1, 0.15) is 47.3 Å². The summed E-state index contributed by atoms with van der Waals surface area (Å²) in [5.74, 6) is -0.00671. The SMILES string of the molecule is C[C@@H](N[P+](=O)OC[C@@H]1C[C@H](C)[C@H](n2cnc3c(N)ncnc32)O1)C(=O)OCC(C)(C)C. The lowest BCUT2D eigenvalue weighted by Gasteiger charge is -2.18. The zero-order valence-corrected chi connectivity index (χ0v) is 19.3. The van der Waals surface area contributed by atoms with E-state index in [2.05, 4.69) is 20.0 Å². The van der Waals surface area contributed by atoms with E-state index in [1.165, 1.54) is 6.33 Å². The molecule has 1 fully saturated rings. The largest absolute Gasteiger partial charge is 0.613 e. The Labute approximate surface area is 182 Å². The highest BCUT2D eigenvalue weighted by atomic mass is 31.1. The quantitative estimate of drug-likeness (QED) is 0.452. The van der Waals surface area contributed by atoms with Crippen molar-refractivity contribution in [2.24, 2.45) is 11.3 Å². The molecule has 0 spiro atoms. The number of esters is 1. The van der Waals surface area contributed by atoms with Gasteiger partial charge in [0.1, 0.15) is 30.7 Å². The molecule has 12 heteroatoms. The van der Waals surface area contributed by atoms with Crippen molar-refractivity contribution < 1.29 is 23.4 Å². The van der Waals surface area contributed by atoms with Crippen LogP contribution in [0.4, 0.5) is 5.82 Å². The number of aromatic nitrogens is 4. The van der Waals surface area contributed by atoms with Gasteiger partial charge in [-0.3, -0.25) is 9.36 Å². The molecule has 2 aromatic rings. The molecular weight excluding hydrogens is 423 g/mol. The maximum absolute atomic E-state index is 12.2. The van der Waals surface area contributed by atoms with Crippen molar-refractivity contribution in [2.75, 3.05) is 18.9 Å². The van der Waals surface area contributed by atoms with Crippen LogP contribution < -0.4 is 10.8 Å². The molecule has 31 heavy (non-hydrogen) atoms. The zero-order chi connectivity index (χ0) is 22.8. The summed E-state index contributed by atoms with van der Waals surface area (Å²) in [6, 6.07) is -0.746. The second kappa shape index (κ2) is 9.52. The molecule has 11 nitrogen and oxygen atoms in total. The molecule has 3 rings (SSSR count). The molecule has 0 radical (unpaired) electrons. The standard InChI is InChI=1S/C19H30N6O5P/c1-11-6-13(7-29-31(27)24-12(2)18(26)28-8-19(3,4)5)30-17(11)25-10-23-14-15(20)21-9-22-16(14)25/h9-13,17H,6-8H2,1-5H3,(H,24,27)(H2,20,21,22)/q+1/t11-,12+,13-,17+/m0/s1. The third kappa shape index (κ3) is 5.94. The first-order valence-electron chi connectivity index (χ1n) is 10.2. The van der Waals surface area contributed by atoms with E-state index in [4.69, 9.17) is 19.7 Å². The number of carbonyl (C=O) groups is 1. The topological polar surface area (TPSA) is 143 Å². The van der Waals surface area contributed by atoms with Crippen molar-refractivity contribution in [3.05, 3.63) is 12.7 Å². The second-order valence-electron chi connectivity index (χ2n) is 9.02. The van der Waals surface area contributed by atoms with Gasteiger partial charge in [0.05, 0.1) is 19.0 Å². The summed E-state index contributed by atoms with van der Waals surface area (Å²) in [5.41, 5.74) is 6.84. The molecule has 0 bridgehead atoms. The predicted molar refractivity (Wildman–Crippen MR) is 114 cm³/mol. The van der Waals surface area contributed by atoms with E-state index in [1.54, 1.807) is 13.3 Å². The minimum atomic E-state index is -2.25. The lowest BCUT2D eigenvalue weighted by molar-refractivity contribution is -0.148. The van der Waals surface area contributed by atoms with Gasteiger partial charge in [-0.2, -0.15) is 0 Å². The van der Waals surface area contributed by atoms with Crippen molar-refractivity contribution in [2.45, 2.75) is 59.4 Å². The number of imidazole rings is 1. The molecule has 3 N–H and O–H groups in total. The number of hydrogen-bond acceptors (Lipinski definition) is 9. The number of nitrogens with one attached hydrogen (secondary N) is 1. The summed E-state index contributed by atoms with van der Waals surface area (Å²) in [7, 11) is -2.25. The van der Waals surface area contributed by atoms with Crippen LogP contribution >= 0.6 is 8.18 Å². The Morgan fingerprint density at radius 1 is 1.42 bits per heavy atom. The molecule has 1 unspecified atom stereocenters. The summed E-state index contributed by atoms with van der Waals surface area (Å²) < 4.78 is 30.8. The fraction of sp³-hybridized carbons (Fsp3) is 0.684. The van der Waals surface area contributed by atoms with E-state index in [-0.39, 0.29) is 36.9 Å². The first-order chi connectivity index (χ1) is 14.5. The number of hydrogen-bond donors (Lipinski definition) is 2. The summed E-state index contributed by atoms with van der Waals surface area (Å²) in [6.07, 6.45) is 3.16. The number of fused-ring (bicyclic) bond motifs is 1. The highest BCUT2D eigenvalue weighted by Gasteiger charge is 2.37. The highest BCUT2D eigenvalue weighted by molar-refractivity contribution is 7.36. The van der Waals surface area contributed by atoms with E-state index in [1.807, 2.05) is 32.3 Å². The number of nitrogens with two attached hydrogens (primary N) is 1. The van der Waals surface area contributed by atoms with Gasteiger partial charge in [-0.1, -0.05) is 32.8 Å². The van der Waals surface area contributed by atoms with Gasteiger partial charge in [0, 0.05) is 5.92 Å². The summed E-state index contributed by atoms with van der Waals surface area (Å²) in [6.45, 7) is 9.93. The van der Waals surface area contributed by atoms with E-state index in [0.29, 0.717) is 23.4 Å². The summed E-state index contributed by atoms with van der Waals surface area (Å²) in [5, 5.41) is 2.63. The van der Waals surface area contributed by atoms with Crippen LogP contribution in [-0.2, 0) is 23.4 Å². The van der Waals surface area contributed by atoms with Gasteiger partial charge >= 0.3 is 14.1 Å². The molecule has 1 aliphatic rings. The van der Waals surface area contributed by atoms with Crippen LogP contribution in [0.5, 0.6) is 0 Å². The minimum Gasteiger partial charge on any atom is -0.464 e. The van der Waals surface area contributed by atoms with Crippen LogP contribution in [0, 0.1) is 11.3 Å². The third-order valence-electron chi connectivity index (χ3n) is 4.79. The predicted octanol–water partition coefficient (Wildman–Crippen LogP) is 2.57. The smallest absolute Gasteiger partial charge is 0.464 e. The molecule has 2 aromatic heterocycles. The van der Waals surface area contributed by atoms with Gasteiger partial charge in [-0.15, -0.1) is 4.52 Å². The van der Waals surface area contributed by atoms with Crippen molar-refractivity contribution in [1.29, 1.82) is 0 Å². The number of nitrogen functional groups attached to an aromatic ring is 1. The monoisotopic (exact) mass is 453 g/mol. The fourth-order valence-corrected chi connectivity index (χ4v) is 4.03. The highest BCUT2D eigenvalue weighted by Crippen LogP contribution is 2.37. The maximum atomic E-state index is 12.2. The Morgan fingerprint density at radius 2 is 2.16 bits per heavy atom. The van der Waals surface area contributed by atoms with Gasteiger partial charge < -0.3 is 15.2 Å². The van der Waals surface area contributed by atoms with E-state index in [0.717, 1.165) is 0 Å². The van der Waals surface area contributed by atoms with Crippen LogP contribution in [0.25, 0.3) is 11.2 Å². The van der Waals surface area contributed by atoms with Crippen LogP contribution in [0.15, 0.2) is 12.7 Å². The average Bonchev–Trinajstić information content (AvgIpc) is 3.27. The normalized spacial score (nSPS) is 23.1. The summed E-state index contributed by atoms with van der Waals surface area (Å²) in [4.78, 5) is 24.5. The number of nitrogens with zero attached hydrogens (tertiary/aromatic N) is 4. The minimum absolute atomic E-state index is 0.122. The average molecular weight is 453 g/mol. The molecule has 1 saturated heterocycles. The third-order valence-corrected chi connectivity index (χ3v) is 5.77. The molecule has 3 heterocycles. The zero-order valence-electron chi connectivity index (χ0n) is 18.4. The van der Waals surface area contributed by atoms with Crippen LogP contribution in [0.3, 0.4) is 0 Å². The number of ether oxygens (including phenoxy) is 2. The Kier molecular flexibility index (Phi) is 7.20. The van der Waals surface area contributed by atoms with Crippen molar-refractivity contribution in [1.82, 2.24) is 24.6 Å². The van der Waals surface area contributed by atoms with Crippen LogP contribution in [-0.4, -0.2) is 50.8 Å². The van der Waals surface area contributed by atoms with Crippen molar-refractivity contribution in [3.8, 4) is 0 Å². The Hall–Kier alpha value is -2.20. The van der Waals surface area contributed by atoms with Crippen LogP contribution in [0.2, 0.25) is 0 Å². The van der Waals surface area contributed by atoms with Crippen molar-refractivity contribution >= 4 is 31.1 Å². The van der Waals surface area contributed by atoms with E-state index >= 15 is 0 Å². The first kappa shape index (κ1) is 23.5. The first-order valence-corrected chi connectivity index (χ1v) is 11.3. The molecule has 170 valence electrons. The van der Waals surface area contributed by atoms with Gasteiger partial charge in [-0.25, -0.2) is 15.0 Å². The van der Waals surface area contributed by atoms with Gasteiger partial charge in [0.25, 0.3) is 0 Å². The molecular formula is C19H30N6O5P+. The van der Waals surface area contributed by atoms with Crippen molar-refractivity contribution in [3.63, 3.8) is 0 Å². The molecule has 0 amide bonds. The molecule has 0 aromatic carbocycles. The molecule has 0 saturated carbocycles. The fourth-order valence-electron chi connectivity index (χ4n) is 3.23. The number of rotatable bonds is 8. The van der Waals surface area contributed by atoms with Gasteiger partial charge in [0.2, 0.25) is 0 Å². The van der Waals surface area contributed by atoms with Gasteiger partial charge in [-0.05, 0) is 23.3 Å². The molecule has 0 aliphatic carbocycles. The van der Waals surface area contributed by atoms with E-state index < -0.39 is 20.2 Å². The Bertz CT molecular complexity index is 946. The lowest BCUT2D eigenvalue weighted by atomic mass is 9.99. The molecule has 1 aliphatic heterocycles. The molecule has 5 atom stereocenters. The number of anilines is 1. The lowest BCUT2D eigenvalue weighted by Crippen LogP contribution is -2.33. The second-order valence-corrected chi connectivity index (χ2v) is 10.0. The van der Waals surface area contributed by atoms with E-state index in [9.17, 15) is 9.36 Å². The summed E-state index contributed by atoms with van der Waals surface area (Å²) >= 11 is 0. The Balaban J connectivity index is 1.50. The number of carbonyl (C=O) groups excluding carboxylic acids is 1.